The van der Waals surface area contributed by atoms with Gasteiger partial charge in [0.25, 0.3) is 0 Å². The Balaban J connectivity index is 3.21. The number of rotatable bonds is 35. The van der Waals surface area contributed by atoms with Gasteiger partial charge >= 0.3 is 0 Å². The van der Waals surface area contributed by atoms with Gasteiger partial charge in [0.15, 0.2) is 0 Å². The molecule has 0 rings (SSSR count). The van der Waals surface area contributed by atoms with Crippen LogP contribution in [0.25, 0.3) is 0 Å². The van der Waals surface area contributed by atoms with E-state index in [2.05, 4.69) is 26.6 Å². The Morgan fingerprint density at radius 2 is 0.643 bits per heavy atom. The van der Waals surface area contributed by atoms with Crippen molar-refractivity contribution in [3.05, 3.63) is 0 Å². The lowest BCUT2D eigenvalue weighted by Gasteiger charge is -2.07. The van der Waals surface area contributed by atoms with Gasteiger partial charge in [-0.2, -0.15) is 0 Å². The Labute approximate surface area is 259 Å². The fraction of sp³-hybridized carbons (Fsp3) is 0.939. The summed E-state index contributed by atoms with van der Waals surface area (Å²) >= 11 is 0. The quantitative estimate of drug-likeness (QED) is 0.0545. The minimum Gasteiger partial charge on any atom is -0.356 e. The van der Waals surface area contributed by atoms with E-state index < -0.39 is 0 Å². The Morgan fingerprint density at radius 1 is 0.333 bits per heavy atom. The van der Waals surface area contributed by atoms with Crippen LogP contribution in [0.4, 0.5) is 0 Å². The SMILES string of the molecule is NCCCCNCCCNC(=O)CCCCCCCCCCCCCCC(=O)NCCCNCCCCNCCCN. The molecule has 0 aromatic carbocycles. The molecule has 0 fully saturated rings. The molecule has 0 aromatic rings. The number of nitrogens with two attached hydrogens (primary N) is 2. The van der Waals surface area contributed by atoms with Crippen molar-refractivity contribution in [2.24, 2.45) is 11.5 Å². The summed E-state index contributed by atoms with van der Waals surface area (Å²) in [5.74, 6) is 0.406. The van der Waals surface area contributed by atoms with E-state index in [-0.39, 0.29) is 11.8 Å². The number of carbonyl (C=O) groups excluding carboxylic acids is 2. The lowest BCUT2D eigenvalue weighted by atomic mass is 10.0. The normalized spacial score (nSPS) is 11.2. The van der Waals surface area contributed by atoms with E-state index in [0.29, 0.717) is 12.8 Å². The Kier molecular flexibility index (Phi) is 34.9. The molecule has 9 N–H and O–H groups in total. The number of amides is 2. The van der Waals surface area contributed by atoms with Crippen molar-refractivity contribution < 1.29 is 9.59 Å². The molecule has 42 heavy (non-hydrogen) atoms. The van der Waals surface area contributed by atoms with Crippen molar-refractivity contribution >= 4 is 11.8 Å². The van der Waals surface area contributed by atoms with E-state index in [1.807, 2.05) is 0 Å². The third-order valence-electron chi connectivity index (χ3n) is 7.59. The van der Waals surface area contributed by atoms with E-state index in [0.717, 1.165) is 123 Å². The van der Waals surface area contributed by atoms with Crippen LogP contribution in [0, 0.1) is 0 Å². The summed E-state index contributed by atoms with van der Waals surface area (Å²) < 4.78 is 0. The molecule has 0 bridgehead atoms. The summed E-state index contributed by atoms with van der Waals surface area (Å²) in [4.78, 5) is 23.9. The molecule has 0 atom stereocenters. The highest BCUT2D eigenvalue weighted by atomic mass is 16.2. The lowest BCUT2D eigenvalue weighted by Crippen LogP contribution is -2.27. The van der Waals surface area contributed by atoms with Crippen molar-refractivity contribution in [2.45, 2.75) is 135 Å². The van der Waals surface area contributed by atoms with Gasteiger partial charge in [-0.15, -0.1) is 0 Å². The fourth-order valence-electron chi connectivity index (χ4n) is 4.89. The maximum atomic E-state index is 12.0. The molecule has 0 spiro atoms. The van der Waals surface area contributed by atoms with E-state index in [1.165, 1.54) is 64.2 Å². The van der Waals surface area contributed by atoms with Crippen LogP contribution in [0.3, 0.4) is 0 Å². The van der Waals surface area contributed by atoms with Gasteiger partial charge in [-0.1, -0.05) is 64.2 Å². The molecule has 0 saturated carbocycles. The van der Waals surface area contributed by atoms with Crippen molar-refractivity contribution in [3.63, 3.8) is 0 Å². The minimum atomic E-state index is 0.201. The Bertz CT molecular complexity index is 567. The molecule has 0 saturated heterocycles. The second kappa shape index (κ2) is 35.9. The molecule has 250 valence electrons. The largest absolute Gasteiger partial charge is 0.356 e. The summed E-state index contributed by atoms with van der Waals surface area (Å²) in [5.41, 5.74) is 11.0. The molecule has 0 radical (unpaired) electrons. The number of hydrogen-bond acceptors (Lipinski definition) is 7. The monoisotopic (exact) mass is 598 g/mol. The zero-order valence-corrected chi connectivity index (χ0v) is 27.4. The van der Waals surface area contributed by atoms with E-state index >= 15 is 0 Å². The van der Waals surface area contributed by atoms with Gasteiger partial charge in [0.1, 0.15) is 0 Å². The van der Waals surface area contributed by atoms with Gasteiger partial charge in [0, 0.05) is 25.9 Å². The molecule has 0 aliphatic carbocycles. The van der Waals surface area contributed by atoms with Crippen LogP contribution in [-0.2, 0) is 9.59 Å². The summed E-state index contributed by atoms with van der Waals surface area (Å²) in [6.07, 6.45) is 23.6. The topological polar surface area (TPSA) is 146 Å². The lowest BCUT2D eigenvalue weighted by molar-refractivity contribution is -0.122. The Hall–Kier alpha value is -1.26. The zero-order chi connectivity index (χ0) is 30.6. The van der Waals surface area contributed by atoms with Gasteiger partial charge in [-0.3, -0.25) is 9.59 Å². The summed E-state index contributed by atoms with van der Waals surface area (Å²) in [6, 6.07) is 0. The van der Waals surface area contributed by atoms with Gasteiger partial charge in [0.05, 0.1) is 0 Å². The predicted octanol–water partition coefficient (Wildman–Crippen LogP) is 4.10. The number of carbonyl (C=O) groups is 2. The maximum absolute atomic E-state index is 12.0. The van der Waals surface area contributed by atoms with Gasteiger partial charge in [-0.25, -0.2) is 0 Å². The number of unbranched alkanes of at least 4 members (excludes halogenated alkanes) is 13. The third-order valence-corrected chi connectivity index (χ3v) is 7.59. The van der Waals surface area contributed by atoms with Crippen LogP contribution in [0.1, 0.15) is 135 Å². The second-order valence-electron chi connectivity index (χ2n) is 11.7. The molecule has 9 nitrogen and oxygen atoms in total. The first-order valence-corrected chi connectivity index (χ1v) is 17.8. The zero-order valence-electron chi connectivity index (χ0n) is 27.4. The van der Waals surface area contributed by atoms with Crippen molar-refractivity contribution in [2.75, 3.05) is 65.4 Å². The average molecular weight is 598 g/mol. The minimum absolute atomic E-state index is 0.201. The fourth-order valence-corrected chi connectivity index (χ4v) is 4.89. The molecule has 0 unspecified atom stereocenters. The summed E-state index contributed by atoms with van der Waals surface area (Å²) in [7, 11) is 0. The smallest absolute Gasteiger partial charge is 0.219 e. The molecule has 0 aliphatic heterocycles. The highest BCUT2D eigenvalue weighted by Crippen LogP contribution is 2.13. The Morgan fingerprint density at radius 3 is 1.02 bits per heavy atom. The molecule has 0 aliphatic rings. The predicted molar refractivity (Wildman–Crippen MR) is 180 cm³/mol. The standard InChI is InChI=1S/C33H71N7O2/c34-22-13-14-24-37-28-18-30-39-32(41)20-11-9-7-5-3-1-2-4-6-8-10-12-21-33(42)40-31-19-29-38-26-16-15-25-36-27-17-23-35/h36-38H,1-31,34-35H2,(H,39,41)(H,40,42). The van der Waals surface area contributed by atoms with Crippen LogP contribution in [0.5, 0.6) is 0 Å². The van der Waals surface area contributed by atoms with Gasteiger partial charge in [-0.05, 0) is 110 Å². The van der Waals surface area contributed by atoms with Crippen LogP contribution in [0.15, 0.2) is 0 Å². The first kappa shape index (κ1) is 40.7. The van der Waals surface area contributed by atoms with E-state index in [4.69, 9.17) is 11.5 Å². The van der Waals surface area contributed by atoms with Crippen LogP contribution >= 0.6 is 0 Å². The second-order valence-corrected chi connectivity index (χ2v) is 11.7. The molecular formula is C33H71N7O2. The van der Waals surface area contributed by atoms with Crippen LogP contribution < -0.4 is 38.1 Å². The summed E-state index contributed by atoms with van der Waals surface area (Å²) in [5, 5.41) is 16.3. The molecular weight excluding hydrogens is 526 g/mol. The summed E-state index contributed by atoms with van der Waals surface area (Å²) in [6.45, 7) is 9.14. The van der Waals surface area contributed by atoms with E-state index in [1.54, 1.807) is 0 Å². The highest BCUT2D eigenvalue weighted by Gasteiger charge is 2.02. The molecule has 9 heteroatoms. The molecule has 0 aromatic heterocycles. The highest BCUT2D eigenvalue weighted by molar-refractivity contribution is 5.76. The molecule has 2 amide bonds. The van der Waals surface area contributed by atoms with Gasteiger partial charge < -0.3 is 38.1 Å². The van der Waals surface area contributed by atoms with Gasteiger partial charge in [0.2, 0.25) is 11.8 Å². The van der Waals surface area contributed by atoms with Crippen LogP contribution in [0.2, 0.25) is 0 Å². The number of hydrogen-bond donors (Lipinski definition) is 7. The first-order chi connectivity index (χ1) is 20.7. The molecule has 0 heterocycles. The maximum Gasteiger partial charge on any atom is 0.219 e. The average Bonchev–Trinajstić information content (AvgIpc) is 2.99. The number of nitrogens with one attached hydrogen (secondary N) is 5. The van der Waals surface area contributed by atoms with Crippen molar-refractivity contribution in [3.8, 4) is 0 Å². The van der Waals surface area contributed by atoms with E-state index in [9.17, 15) is 9.59 Å². The third kappa shape index (κ3) is 34.9. The van der Waals surface area contributed by atoms with Crippen molar-refractivity contribution in [1.29, 1.82) is 0 Å². The first-order valence-electron chi connectivity index (χ1n) is 17.8. The van der Waals surface area contributed by atoms with Crippen molar-refractivity contribution in [1.82, 2.24) is 26.6 Å². The van der Waals surface area contributed by atoms with Crippen LogP contribution in [-0.4, -0.2) is 77.3 Å².